The molecule has 2 rings (SSSR count). The van der Waals surface area contributed by atoms with Gasteiger partial charge in [0.15, 0.2) is 6.61 Å². The second-order valence-electron chi connectivity index (χ2n) is 7.27. The van der Waals surface area contributed by atoms with Gasteiger partial charge in [0.05, 0.1) is 22.4 Å². The molecule has 2 N–H and O–H groups in total. The minimum absolute atomic E-state index is 0.0142. The molecular weight excluding hydrogens is 516 g/mol. The molecule has 2 aromatic carbocycles. The van der Waals surface area contributed by atoms with Crippen molar-refractivity contribution in [3.8, 4) is 0 Å². The fraction of sp³-hybridized carbons (Fsp3) is 0.304. The van der Waals surface area contributed by atoms with Crippen molar-refractivity contribution in [3.63, 3.8) is 0 Å². The van der Waals surface area contributed by atoms with Crippen molar-refractivity contribution in [2.24, 2.45) is 0 Å². The zero-order valence-electron chi connectivity index (χ0n) is 18.2. The molecule has 0 fully saturated rings. The van der Waals surface area contributed by atoms with Crippen molar-refractivity contribution < 1.29 is 28.7 Å². The molecule has 0 atom stereocenters. The smallest absolute Gasteiger partial charge is 0.338 e. The third-order valence-electron chi connectivity index (χ3n) is 4.10. The lowest BCUT2D eigenvalue weighted by Gasteiger charge is -2.09. The van der Waals surface area contributed by atoms with Gasteiger partial charge in [0.2, 0.25) is 5.91 Å². The van der Waals surface area contributed by atoms with Crippen LogP contribution in [0.5, 0.6) is 0 Å². The van der Waals surface area contributed by atoms with E-state index in [1.807, 2.05) is 0 Å². The lowest BCUT2D eigenvalue weighted by molar-refractivity contribution is -0.147. The maximum absolute atomic E-state index is 12.0. The Balaban J connectivity index is 1.66. The molecule has 2 aromatic rings. The Hall–Kier alpha value is -2.91. The minimum atomic E-state index is -0.590. The summed E-state index contributed by atoms with van der Waals surface area (Å²) in [6, 6.07) is 11.3. The standard InChI is InChI=1S/C23H24BrClN2O6/c1-14(2)33-23(31)15-6-9-17(10-7-15)26-20(28)4-3-5-22(30)32-13-21(29)27-19-11-8-16(24)12-18(19)25/h6-12,14H,3-5,13H2,1-2H3,(H,26,28)(H,27,29). The summed E-state index contributed by atoms with van der Waals surface area (Å²) in [5, 5.41) is 5.59. The van der Waals surface area contributed by atoms with E-state index in [1.165, 1.54) is 0 Å². The third-order valence-corrected chi connectivity index (χ3v) is 4.91. The first-order valence-electron chi connectivity index (χ1n) is 10.2. The molecule has 2 amide bonds. The van der Waals surface area contributed by atoms with E-state index >= 15 is 0 Å². The van der Waals surface area contributed by atoms with E-state index in [0.29, 0.717) is 22.0 Å². The summed E-state index contributed by atoms with van der Waals surface area (Å²) >= 11 is 9.29. The Kier molecular flexibility index (Phi) is 10.3. The summed E-state index contributed by atoms with van der Waals surface area (Å²) in [6.07, 6.45) is 0.110. The SMILES string of the molecule is CC(C)OC(=O)c1ccc(NC(=O)CCCC(=O)OCC(=O)Nc2ccc(Br)cc2Cl)cc1. The van der Waals surface area contributed by atoms with Crippen LogP contribution in [0, 0.1) is 0 Å². The lowest BCUT2D eigenvalue weighted by Crippen LogP contribution is -2.21. The highest BCUT2D eigenvalue weighted by molar-refractivity contribution is 9.10. The Morgan fingerprint density at radius 3 is 2.30 bits per heavy atom. The summed E-state index contributed by atoms with van der Waals surface area (Å²) in [5.41, 5.74) is 1.31. The minimum Gasteiger partial charge on any atom is -0.459 e. The highest BCUT2D eigenvalue weighted by atomic mass is 79.9. The van der Waals surface area contributed by atoms with Gasteiger partial charge in [0.25, 0.3) is 5.91 Å². The number of halogens is 2. The summed E-state index contributed by atoms with van der Waals surface area (Å²) in [5.74, 6) is -1.84. The molecule has 0 saturated heterocycles. The highest BCUT2D eigenvalue weighted by Gasteiger charge is 2.12. The van der Waals surface area contributed by atoms with E-state index < -0.39 is 24.5 Å². The van der Waals surface area contributed by atoms with Gasteiger partial charge in [0, 0.05) is 23.0 Å². The maximum Gasteiger partial charge on any atom is 0.338 e. The highest BCUT2D eigenvalue weighted by Crippen LogP contribution is 2.25. The van der Waals surface area contributed by atoms with E-state index in [2.05, 4.69) is 26.6 Å². The first-order chi connectivity index (χ1) is 15.6. The normalized spacial score (nSPS) is 10.5. The number of carbonyl (C=O) groups is 4. The van der Waals surface area contributed by atoms with Crippen molar-refractivity contribution in [1.29, 1.82) is 0 Å². The van der Waals surface area contributed by atoms with Gasteiger partial charge < -0.3 is 20.1 Å². The molecule has 176 valence electrons. The predicted molar refractivity (Wildman–Crippen MR) is 128 cm³/mol. The largest absolute Gasteiger partial charge is 0.459 e. The van der Waals surface area contributed by atoms with Crippen LogP contribution in [0.25, 0.3) is 0 Å². The van der Waals surface area contributed by atoms with Crippen molar-refractivity contribution >= 4 is 62.7 Å². The van der Waals surface area contributed by atoms with Gasteiger partial charge >= 0.3 is 11.9 Å². The number of hydrogen-bond donors (Lipinski definition) is 2. The van der Waals surface area contributed by atoms with Crippen LogP contribution >= 0.6 is 27.5 Å². The number of carbonyl (C=O) groups excluding carboxylic acids is 4. The number of hydrogen-bond acceptors (Lipinski definition) is 6. The first-order valence-corrected chi connectivity index (χ1v) is 11.3. The zero-order valence-corrected chi connectivity index (χ0v) is 20.5. The molecule has 0 saturated carbocycles. The van der Waals surface area contributed by atoms with Crippen molar-refractivity contribution in [2.75, 3.05) is 17.2 Å². The summed E-state index contributed by atoms with van der Waals surface area (Å²) in [4.78, 5) is 47.6. The van der Waals surface area contributed by atoms with Gasteiger partial charge in [-0.3, -0.25) is 14.4 Å². The topological polar surface area (TPSA) is 111 Å². The van der Waals surface area contributed by atoms with E-state index in [1.54, 1.807) is 56.3 Å². The van der Waals surface area contributed by atoms with Crippen molar-refractivity contribution in [3.05, 3.63) is 57.5 Å². The Morgan fingerprint density at radius 2 is 1.67 bits per heavy atom. The fourth-order valence-electron chi connectivity index (χ4n) is 2.58. The average molecular weight is 540 g/mol. The number of ether oxygens (including phenoxy) is 2. The van der Waals surface area contributed by atoms with Crippen molar-refractivity contribution in [2.45, 2.75) is 39.2 Å². The molecule has 0 aromatic heterocycles. The van der Waals surface area contributed by atoms with Crippen molar-refractivity contribution in [1.82, 2.24) is 0 Å². The molecule has 0 radical (unpaired) electrons. The van der Waals surface area contributed by atoms with Crippen LogP contribution in [0.3, 0.4) is 0 Å². The Labute approximate surface area is 205 Å². The average Bonchev–Trinajstić information content (AvgIpc) is 2.74. The summed E-state index contributed by atoms with van der Waals surface area (Å²) < 4.78 is 10.8. The molecule has 0 aliphatic carbocycles. The molecule has 10 heteroatoms. The lowest BCUT2D eigenvalue weighted by atomic mass is 10.2. The number of benzene rings is 2. The Morgan fingerprint density at radius 1 is 0.970 bits per heavy atom. The van der Waals surface area contributed by atoms with Gasteiger partial charge in [0.1, 0.15) is 0 Å². The van der Waals surface area contributed by atoms with Crippen LogP contribution in [-0.2, 0) is 23.9 Å². The van der Waals surface area contributed by atoms with E-state index in [-0.39, 0.29) is 31.3 Å². The summed E-state index contributed by atoms with van der Waals surface area (Å²) in [7, 11) is 0. The zero-order chi connectivity index (χ0) is 24.4. The maximum atomic E-state index is 12.0. The second-order valence-corrected chi connectivity index (χ2v) is 8.59. The van der Waals surface area contributed by atoms with Crippen LogP contribution in [0.15, 0.2) is 46.9 Å². The van der Waals surface area contributed by atoms with Gasteiger partial charge in [-0.25, -0.2) is 4.79 Å². The van der Waals surface area contributed by atoms with Gasteiger partial charge in [-0.15, -0.1) is 0 Å². The third kappa shape index (κ3) is 9.63. The molecule has 8 nitrogen and oxygen atoms in total. The number of nitrogens with one attached hydrogen (secondary N) is 2. The number of esters is 2. The van der Waals surface area contributed by atoms with E-state index in [4.69, 9.17) is 21.1 Å². The fourth-order valence-corrected chi connectivity index (χ4v) is 3.30. The van der Waals surface area contributed by atoms with Gasteiger partial charge in [-0.05, 0) is 62.7 Å². The molecule has 0 heterocycles. The van der Waals surface area contributed by atoms with E-state index in [0.717, 1.165) is 4.47 Å². The molecule has 0 aliphatic rings. The number of rotatable bonds is 10. The molecule has 0 spiro atoms. The van der Waals surface area contributed by atoms with Crippen LogP contribution in [0.2, 0.25) is 5.02 Å². The molecule has 0 bridgehead atoms. The van der Waals surface area contributed by atoms with Crippen LogP contribution in [0.4, 0.5) is 11.4 Å². The molecular formula is C23H24BrClN2O6. The van der Waals surface area contributed by atoms with Crippen LogP contribution in [-0.4, -0.2) is 36.5 Å². The second kappa shape index (κ2) is 13.0. The molecule has 0 aliphatic heterocycles. The predicted octanol–water partition coefficient (Wildman–Crippen LogP) is 4.96. The van der Waals surface area contributed by atoms with Gasteiger partial charge in [-0.2, -0.15) is 0 Å². The van der Waals surface area contributed by atoms with Crippen LogP contribution in [0.1, 0.15) is 43.5 Å². The number of anilines is 2. The van der Waals surface area contributed by atoms with Gasteiger partial charge in [-0.1, -0.05) is 27.5 Å². The number of amides is 2. The quantitative estimate of drug-likeness (QED) is 0.413. The molecule has 0 unspecified atom stereocenters. The van der Waals surface area contributed by atoms with E-state index in [9.17, 15) is 19.2 Å². The summed E-state index contributed by atoms with van der Waals surface area (Å²) in [6.45, 7) is 3.07. The van der Waals surface area contributed by atoms with Crippen LogP contribution < -0.4 is 10.6 Å². The first kappa shape index (κ1) is 26.3. The Bertz CT molecular complexity index is 1010. The monoisotopic (exact) mass is 538 g/mol. The molecule has 33 heavy (non-hydrogen) atoms.